The maximum atomic E-state index is 10.2. The summed E-state index contributed by atoms with van der Waals surface area (Å²) in [5.41, 5.74) is 0.808. The molecular weight excluding hydrogens is 256 g/mol. The Labute approximate surface area is 121 Å². The predicted molar refractivity (Wildman–Crippen MR) is 79.8 cm³/mol. The van der Waals surface area contributed by atoms with E-state index in [1.807, 2.05) is 39.8 Å². The third-order valence-corrected chi connectivity index (χ3v) is 2.88. The van der Waals surface area contributed by atoms with Crippen molar-refractivity contribution >= 4 is 0 Å². The lowest BCUT2D eigenvalue weighted by atomic mass is 10.0. The molecule has 0 saturated heterocycles. The molecule has 0 bridgehead atoms. The first-order valence-corrected chi connectivity index (χ1v) is 7.42. The van der Waals surface area contributed by atoms with E-state index in [0.29, 0.717) is 43.5 Å². The van der Waals surface area contributed by atoms with Gasteiger partial charge >= 0.3 is 0 Å². The fraction of sp³-hybridized carbons (Fsp3) is 0.625. The summed E-state index contributed by atoms with van der Waals surface area (Å²) in [7, 11) is 0. The molecular formula is C16H26O4. The topological polar surface area (TPSA) is 47.9 Å². The van der Waals surface area contributed by atoms with Gasteiger partial charge in [0.2, 0.25) is 5.75 Å². The van der Waals surface area contributed by atoms with Gasteiger partial charge in [-0.3, -0.25) is 0 Å². The molecule has 0 aliphatic heterocycles. The Morgan fingerprint density at radius 3 is 1.80 bits per heavy atom. The molecule has 0 aromatic heterocycles. The van der Waals surface area contributed by atoms with Gasteiger partial charge in [0.25, 0.3) is 0 Å². The van der Waals surface area contributed by atoms with E-state index in [1.165, 1.54) is 0 Å². The van der Waals surface area contributed by atoms with Gasteiger partial charge in [0.1, 0.15) is 0 Å². The van der Waals surface area contributed by atoms with Crippen molar-refractivity contribution in [3.63, 3.8) is 0 Å². The molecule has 1 atom stereocenters. The van der Waals surface area contributed by atoms with Gasteiger partial charge in [-0.25, -0.2) is 0 Å². The second-order valence-electron chi connectivity index (χ2n) is 4.45. The van der Waals surface area contributed by atoms with Crippen molar-refractivity contribution in [3.05, 3.63) is 17.7 Å². The molecule has 1 rings (SSSR count). The van der Waals surface area contributed by atoms with Gasteiger partial charge in [0.05, 0.1) is 25.9 Å². The number of hydrogen-bond acceptors (Lipinski definition) is 4. The van der Waals surface area contributed by atoms with E-state index in [4.69, 9.17) is 14.2 Å². The lowest BCUT2D eigenvalue weighted by Crippen LogP contribution is -2.05. The van der Waals surface area contributed by atoms with Gasteiger partial charge in [-0.2, -0.15) is 0 Å². The minimum atomic E-state index is -0.505. The van der Waals surface area contributed by atoms with Crippen molar-refractivity contribution in [2.75, 3.05) is 19.8 Å². The predicted octanol–water partition coefficient (Wildman–Crippen LogP) is 3.72. The summed E-state index contributed by atoms with van der Waals surface area (Å²) in [5.74, 6) is 1.87. The molecule has 1 N–H and O–H groups in total. The van der Waals surface area contributed by atoms with Gasteiger partial charge in [0, 0.05) is 0 Å². The second kappa shape index (κ2) is 8.69. The average molecular weight is 282 g/mol. The van der Waals surface area contributed by atoms with E-state index in [9.17, 15) is 5.11 Å². The van der Waals surface area contributed by atoms with Gasteiger partial charge in [-0.15, -0.1) is 0 Å². The SMILES string of the molecule is CCCC(O)c1cc(OCC)c(OCC)c(OCC)c1. The highest BCUT2D eigenvalue weighted by atomic mass is 16.5. The van der Waals surface area contributed by atoms with Crippen LogP contribution in [0, 0.1) is 0 Å². The fourth-order valence-electron chi connectivity index (χ4n) is 2.04. The number of hydrogen-bond donors (Lipinski definition) is 1. The standard InChI is InChI=1S/C16H26O4/c1-5-9-13(17)12-10-14(18-6-2)16(20-8-4)15(11-12)19-7-3/h10-11,13,17H,5-9H2,1-4H3. The molecule has 0 saturated carbocycles. The molecule has 0 amide bonds. The van der Waals surface area contributed by atoms with Crippen molar-refractivity contribution in [2.45, 2.75) is 46.6 Å². The summed E-state index contributed by atoms with van der Waals surface area (Å²) >= 11 is 0. The maximum Gasteiger partial charge on any atom is 0.203 e. The number of rotatable bonds is 9. The molecule has 1 aromatic carbocycles. The highest BCUT2D eigenvalue weighted by Crippen LogP contribution is 2.41. The molecule has 0 spiro atoms. The zero-order chi connectivity index (χ0) is 15.0. The zero-order valence-electron chi connectivity index (χ0n) is 12.9. The van der Waals surface area contributed by atoms with Crippen molar-refractivity contribution < 1.29 is 19.3 Å². The molecule has 20 heavy (non-hydrogen) atoms. The Morgan fingerprint density at radius 2 is 1.40 bits per heavy atom. The first-order valence-electron chi connectivity index (χ1n) is 7.42. The molecule has 4 heteroatoms. The summed E-state index contributed by atoms with van der Waals surface area (Å²) in [6.45, 7) is 9.43. The molecule has 0 radical (unpaired) electrons. The lowest BCUT2D eigenvalue weighted by Gasteiger charge is -2.19. The van der Waals surface area contributed by atoms with Crippen molar-refractivity contribution in [1.29, 1.82) is 0 Å². The molecule has 0 heterocycles. The lowest BCUT2D eigenvalue weighted by molar-refractivity contribution is 0.164. The maximum absolute atomic E-state index is 10.2. The third-order valence-electron chi connectivity index (χ3n) is 2.88. The highest BCUT2D eigenvalue weighted by Gasteiger charge is 2.18. The normalized spacial score (nSPS) is 12.1. The Balaban J connectivity index is 3.21. The smallest absolute Gasteiger partial charge is 0.203 e. The minimum absolute atomic E-state index is 0.505. The fourth-order valence-corrected chi connectivity index (χ4v) is 2.04. The highest BCUT2D eigenvalue weighted by molar-refractivity contribution is 5.54. The number of benzene rings is 1. The second-order valence-corrected chi connectivity index (χ2v) is 4.45. The number of aliphatic hydroxyl groups is 1. The van der Waals surface area contributed by atoms with Crippen molar-refractivity contribution in [2.24, 2.45) is 0 Å². The van der Waals surface area contributed by atoms with E-state index in [-0.39, 0.29) is 0 Å². The largest absolute Gasteiger partial charge is 0.490 e. The van der Waals surface area contributed by atoms with Gasteiger partial charge < -0.3 is 19.3 Å². The first kappa shape index (κ1) is 16.6. The number of aliphatic hydroxyl groups excluding tert-OH is 1. The van der Waals surface area contributed by atoms with E-state index in [1.54, 1.807) is 0 Å². The van der Waals surface area contributed by atoms with E-state index < -0.39 is 6.10 Å². The van der Waals surface area contributed by atoms with Crippen LogP contribution in [-0.4, -0.2) is 24.9 Å². The van der Waals surface area contributed by atoms with Crippen LogP contribution in [0.1, 0.15) is 52.2 Å². The molecule has 1 aromatic rings. The Morgan fingerprint density at radius 1 is 0.900 bits per heavy atom. The van der Waals surface area contributed by atoms with Crippen LogP contribution in [0.25, 0.3) is 0 Å². The van der Waals surface area contributed by atoms with Crippen LogP contribution in [0.4, 0.5) is 0 Å². The van der Waals surface area contributed by atoms with Crippen LogP contribution in [0.5, 0.6) is 17.2 Å². The quantitative estimate of drug-likeness (QED) is 0.750. The van der Waals surface area contributed by atoms with Gasteiger partial charge in [-0.05, 0) is 44.9 Å². The van der Waals surface area contributed by atoms with Crippen molar-refractivity contribution in [3.8, 4) is 17.2 Å². The van der Waals surface area contributed by atoms with E-state index in [0.717, 1.165) is 12.0 Å². The van der Waals surface area contributed by atoms with Crippen molar-refractivity contribution in [1.82, 2.24) is 0 Å². The summed E-state index contributed by atoms with van der Waals surface area (Å²) < 4.78 is 16.9. The van der Waals surface area contributed by atoms with Crippen LogP contribution in [0.2, 0.25) is 0 Å². The molecule has 0 fully saturated rings. The minimum Gasteiger partial charge on any atom is -0.490 e. The van der Waals surface area contributed by atoms with Gasteiger partial charge in [-0.1, -0.05) is 13.3 Å². The molecule has 1 unspecified atom stereocenters. The van der Waals surface area contributed by atoms with Crippen LogP contribution in [0.3, 0.4) is 0 Å². The monoisotopic (exact) mass is 282 g/mol. The summed E-state index contributed by atoms with van der Waals surface area (Å²) in [5, 5.41) is 10.2. The first-order chi connectivity index (χ1) is 9.67. The Bertz CT molecular complexity index is 376. The average Bonchev–Trinajstić information content (AvgIpc) is 2.43. The molecule has 114 valence electrons. The van der Waals surface area contributed by atoms with E-state index in [2.05, 4.69) is 0 Å². The third kappa shape index (κ3) is 4.30. The van der Waals surface area contributed by atoms with Crippen LogP contribution in [-0.2, 0) is 0 Å². The Hall–Kier alpha value is -1.42. The Kier molecular flexibility index (Phi) is 7.23. The molecule has 0 aliphatic rings. The molecule has 4 nitrogen and oxygen atoms in total. The number of ether oxygens (including phenoxy) is 3. The summed E-state index contributed by atoms with van der Waals surface area (Å²) in [6.07, 6.45) is 1.13. The zero-order valence-corrected chi connectivity index (χ0v) is 12.9. The summed E-state index contributed by atoms with van der Waals surface area (Å²) in [6, 6.07) is 3.69. The van der Waals surface area contributed by atoms with Crippen LogP contribution < -0.4 is 14.2 Å². The van der Waals surface area contributed by atoms with Gasteiger partial charge in [0.15, 0.2) is 11.5 Å². The van der Waals surface area contributed by atoms with E-state index >= 15 is 0 Å². The van der Waals surface area contributed by atoms with Crippen LogP contribution >= 0.6 is 0 Å². The van der Waals surface area contributed by atoms with Crippen LogP contribution in [0.15, 0.2) is 12.1 Å². The molecule has 0 aliphatic carbocycles. The summed E-state index contributed by atoms with van der Waals surface area (Å²) in [4.78, 5) is 0.